The molecule has 2 aromatic carbocycles. The first-order chi connectivity index (χ1) is 8.66. The third kappa shape index (κ3) is 2.79. The van der Waals surface area contributed by atoms with Gasteiger partial charge in [-0.25, -0.2) is 0 Å². The first-order valence-electron chi connectivity index (χ1n) is 5.57. The molecule has 0 heterocycles. The number of anilines is 1. The van der Waals surface area contributed by atoms with E-state index in [1.165, 1.54) is 0 Å². The van der Waals surface area contributed by atoms with Gasteiger partial charge in [0.05, 0.1) is 0 Å². The summed E-state index contributed by atoms with van der Waals surface area (Å²) < 4.78 is 0. The van der Waals surface area contributed by atoms with Gasteiger partial charge in [0, 0.05) is 23.4 Å². The number of hydrogen-bond donors (Lipinski definition) is 3. The quantitative estimate of drug-likeness (QED) is 0.768. The molecule has 4 N–H and O–H groups in total. The number of nitrogens with one attached hydrogen (secondary N) is 1. The molecule has 0 saturated heterocycles. The Morgan fingerprint density at radius 3 is 2.67 bits per heavy atom. The van der Waals surface area contributed by atoms with E-state index in [-0.39, 0.29) is 5.75 Å². The number of phenols is 1. The fourth-order valence-corrected chi connectivity index (χ4v) is 1.64. The van der Waals surface area contributed by atoms with Crippen molar-refractivity contribution in [3.63, 3.8) is 0 Å². The van der Waals surface area contributed by atoms with Crippen LogP contribution in [-0.4, -0.2) is 11.0 Å². The van der Waals surface area contributed by atoms with Crippen molar-refractivity contribution in [3.8, 4) is 5.75 Å². The van der Waals surface area contributed by atoms with Crippen LogP contribution in [0.1, 0.15) is 15.9 Å². The Morgan fingerprint density at radius 1 is 1.17 bits per heavy atom. The molecule has 0 aliphatic heterocycles. The van der Waals surface area contributed by atoms with Crippen molar-refractivity contribution in [1.29, 1.82) is 0 Å². The number of rotatable bonds is 4. The third-order valence-corrected chi connectivity index (χ3v) is 2.62. The summed E-state index contributed by atoms with van der Waals surface area (Å²) >= 11 is 0. The van der Waals surface area contributed by atoms with E-state index < -0.39 is 5.91 Å². The lowest BCUT2D eigenvalue weighted by atomic mass is 10.1. The minimum Gasteiger partial charge on any atom is -0.508 e. The van der Waals surface area contributed by atoms with Crippen molar-refractivity contribution >= 4 is 11.6 Å². The molecule has 0 bridgehead atoms. The van der Waals surface area contributed by atoms with Crippen molar-refractivity contribution in [2.75, 3.05) is 5.32 Å². The monoisotopic (exact) mass is 242 g/mol. The van der Waals surface area contributed by atoms with E-state index >= 15 is 0 Å². The average molecular weight is 242 g/mol. The van der Waals surface area contributed by atoms with Crippen molar-refractivity contribution in [2.45, 2.75) is 6.54 Å². The van der Waals surface area contributed by atoms with E-state index in [4.69, 9.17) is 5.73 Å². The lowest BCUT2D eigenvalue weighted by Crippen LogP contribution is -2.11. The minimum atomic E-state index is -0.457. The topological polar surface area (TPSA) is 75.4 Å². The highest BCUT2D eigenvalue weighted by atomic mass is 16.3. The van der Waals surface area contributed by atoms with Crippen LogP contribution < -0.4 is 11.1 Å². The van der Waals surface area contributed by atoms with E-state index in [2.05, 4.69) is 5.32 Å². The van der Waals surface area contributed by atoms with Crippen LogP contribution in [-0.2, 0) is 6.54 Å². The van der Waals surface area contributed by atoms with Crippen molar-refractivity contribution < 1.29 is 9.90 Å². The highest BCUT2D eigenvalue weighted by Crippen LogP contribution is 2.18. The summed E-state index contributed by atoms with van der Waals surface area (Å²) in [5, 5.41) is 12.7. The fraction of sp³-hybridized carbons (Fsp3) is 0.0714. The summed E-state index contributed by atoms with van der Waals surface area (Å²) in [6, 6.07) is 14.0. The van der Waals surface area contributed by atoms with Crippen LogP contribution in [0.4, 0.5) is 5.69 Å². The average Bonchev–Trinajstić information content (AvgIpc) is 2.38. The predicted octanol–water partition coefficient (Wildman–Crippen LogP) is 2.10. The molecule has 92 valence electrons. The molecule has 0 aliphatic carbocycles. The maximum atomic E-state index is 11.0. The standard InChI is InChI=1S/C14H14N2O2/c15-14(18)10-5-3-6-12(8-10)16-9-11-4-1-2-7-13(11)17/h1-8,16-17H,9H2,(H2,15,18). The molecule has 0 aliphatic rings. The van der Waals surface area contributed by atoms with Crippen LogP contribution in [0.25, 0.3) is 0 Å². The molecule has 18 heavy (non-hydrogen) atoms. The van der Waals surface area contributed by atoms with Crippen molar-refractivity contribution in [2.24, 2.45) is 5.73 Å². The van der Waals surface area contributed by atoms with Crippen LogP contribution in [0.5, 0.6) is 5.75 Å². The van der Waals surface area contributed by atoms with Gasteiger partial charge in [0.15, 0.2) is 0 Å². The van der Waals surface area contributed by atoms with Gasteiger partial charge in [-0.1, -0.05) is 24.3 Å². The summed E-state index contributed by atoms with van der Waals surface area (Å²) in [5.41, 5.74) is 7.24. The molecule has 4 heteroatoms. The zero-order valence-electron chi connectivity index (χ0n) is 9.76. The molecule has 0 unspecified atom stereocenters. The second-order valence-electron chi connectivity index (χ2n) is 3.93. The van der Waals surface area contributed by atoms with Crippen LogP contribution in [0.3, 0.4) is 0 Å². The van der Waals surface area contributed by atoms with E-state index in [0.717, 1.165) is 11.3 Å². The van der Waals surface area contributed by atoms with Gasteiger partial charge < -0.3 is 16.2 Å². The van der Waals surface area contributed by atoms with Gasteiger partial charge in [-0.15, -0.1) is 0 Å². The van der Waals surface area contributed by atoms with Gasteiger partial charge in [-0.2, -0.15) is 0 Å². The van der Waals surface area contributed by atoms with Crippen LogP contribution in [0.2, 0.25) is 0 Å². The minimum absolute atomic E-state index is 0.246. The van der Waals surface area contributed by atoms with Gasteiger partial charge in [-0.3, -0.25) is 4.79 Å². The first-order valence-corrected chi connectivity index (χ1v) is 5.57. The Bertz CT molecular complexity index is 567. The molecule has 0 spiro atoms. The normalized spacial score (nSPS) is 10.0. The van der Waals surface area contributed by atoms with Crippen LogP contribution in [0.15, 0.2) is 48.5 Å². The van der Waals surface area contributed by atoms with Gasteiger partial charge >= 0.3 is 0 Å². The summed E-state index contributed by atoms with van der Waals surface area (Å²) in [6.45, 7) is 0.481. The molecule has 0 radical (unpaired) electrons. The molecular formula is C14H14N2O2. The zero-order valence-corrected chi connectivity index (χ0v) is 9.76. The number of carbonyl (C=O) groups excluding carboxylic acids is 1. The molecule has 4 nitrogen and oxygen atoms in total. The number of primary amides is 1. The van der Waals surface area contributed by atoms with Gasteiger partial charge in [0.2, 0.25) is 5.91 Å². The lowest BCUT2D eigenvalue weighted by Gasteiger charge is -2.08. The number of amides is 1. The second kappa shape index (κ2) is 5.23. The fourth-order valence-electron chi connectivity index (χ4n) is 1.64. The Balaban J connectivity index is 2.09. The van der Waals surface area contributed by atoms with Crippen molar-refractivity contribution in [3.05, 3.63) is 59.7 Å². The maximum Gasteiger partial charge on any atom is 0.248 e. The number of benzene rings is 2. The van der Waals surface area contributed by atoms with E-state index in [1.54, 1.807) is 30.3 Å². The molecule has 2 aromatic rings. The maximum absolute atomic E-state index is 11.0. The summed E-state index contributed by atoms with van der Waals surface area (Å²) in [7, 11) is 0. The molecule has 0 aromatic heterocycles. The van der Waals surface area contributed by atoms with E-state index in [9.17, 15) is 9.90 Å². The van der Waals surface area contributed by atoms with Gasteiger partial charge in [0.25, 0.3) is 0 Å². The molecule has 2 rings (SSSR count). The number of aromatic hydroxyl groups is 1. The highest BCUT2D eigenvalue weighted by molar-refractivity contribution is 5.93. The van der Waals surface area contributed by atoms with E-state index in [1.807, 2.05) is 18.2 Å². The summed E-state index contributed by atoms with van der Waals surface area (Å²) in [5.74, 6) is -0.211. The Morgan fingerprint density at radius 2 is 1.94 bits per heavy atom. The molecular weight excluding hydrogens is 228 g/mol. The van der Waals surface area contributed by atoms with Crippen LogP contribution in [0, 0.1) is 0 Å². The van der Waals surface area contributed by atoms with Gasteiger partial charge in [0.1, 0.15) is 5.75 Å². The zero-order chi connectivity index (χ0) is 13.0. The molecule has 0 atom stereocenters. The Kier molecular flexibility index (Phi) is 3.48. The summed E-state index contributed by atoms with van der Waals surface area (Å²) in [6.07, 6.45) is 0. The SMILES string of the molecule is NC(=O)c1cccc(NCc2ccccc2O)c1. The molecule has 0 fully saturated rings. The summed E-state index contributed by atoms with van der Waals surface area (Å²) in [4.78, 5) is 11.0. The highest BCUT2D eigenvalue weighted by Gasteiger charge is 2.02. The number of phenolic OH excluding ortho intramolecular Hbond substituents is 1. The largest absolute Gasteiger partial charge is 0.508 e. The van der Waals surface area contributed by atoms with Crippen molar-refractivity contribution in [1.82, 2.24) is 0 Å². The second-order valence-corrected chi connectivity index (χ2v) is 3.93. The predicted molar refractivity (Wildman–Crippen MR) is 70.4 cm³/mol. The third-order valence-electron chi connectivity index (χ3n) is 2.62. The number of para-hydroxylation sites is 1. The molecule has 0 saturated carbocycles. The van der Waals surface area contributed by atoms with Crippen LogP contribution >= 0.6 is 0 Å². The Hall–Kier alpha value is -2.49. The molecule has 1 amide bonds. The Labute approximate surface area is 105 Å². The van der Waals surface area contributed by atoms with Gasteiger partial charge in [-0.05, 0) is 24.3 Å². The number of nitrogens with two attached hydrogens (primary N) is 1. The first kappa shape index (κ1) is 12.0. The van der Waals surface area contributed by atoms with E-state index in [0.29, 0.717) is 12.1 Å². The number of carbonyl (C=O) groups is 1. The lowest BCUT2D eigenvalue weighted by molar-refractivity contribution is 0.100. The number of hydrogen-bond acceptors (Lipinski definition) is 3. The smallest absolute Gasteiger partial charge is 0.248 e.